The second-order valence-electron chi connectivity index (χ2n) is 6.88. The first-order valence-corrected chi connectivity index (χ1v) is 8.28. The summed E-state index contributed by atoms with van der Waals surface area (Å²) < 4.78 is 23.0. The van der Waals surface area contributed by atoms with E-state index in [1.807, 2.05) is 0 Å². The largest absolute Gasteiger partial charge is 0.480 e. The fraction of sp³-hybridized carbons (Fsp3) is 0.500. The van der Waals surface area contributed by atoms with Gasteiger partial charge in [-0.05, 0) is 38.5 Å². The van der Waals surface area contributed by atoms with E-state index in [0.29, 0.717) is 5.56 Å². The maximum absolute atomic E-state index is 13.0. The lowest BCUT2D eigenvalue weighted by atomic mass is 10.1. The molecule has 0 aromatic heterocycles. The van der Waals surface area contributed by atoms with Crippen LogP contribution in [0.1, 0.15) is 26.3 Å². The number of alkyl carbamates (subject to hydrolysis) is 1. The van der Waals surface area contributed by atoms with Crippen LogP contribution in [-0.4, -0.2) is 54.5 Å². The molecule has 9 heteroatoms. The molecule has 0 spiro atoms. The molecule has 1 aromatic rings. The van der Waals surface area contributed by atoms with E-state index in [-0.39, 0.29) is 13.0 Å². The van der Waals surface area contributed by atoms with E-state index in [1.165, 1.54) is 31.4 Å². The average Bonchev–Trinajstić information content (AvgIpc) is 2.53. The van der Waals surface area contributed by atoms with Crippen LogP contribution in [0.25, 0.3) is 0 Å². The minimum atomic E-state index is -1.26. The summed E-state index contributed by atoms with van der Waals surface area (Å²) in [4.78, 5) is 35.7. The Morgan fingerprint density at radius 2 is 1.70 bits per heavy atom. The predicted molar refractivity (Wildman–Crippen MR) is 94.7 cm³/mol. The summed E-state index contributed by atoms with van der Waals surface area (Å²) in [5.74, 6) is -2.45. The van der Waals surface area contributed by atoms with Crippen LogP contribution in [0.3, 0.4) is 0 Å². The van der Waals surface area contributed by atoms with Crippen LogP contribution in [-0.2, 0) is 25.5 Å². The molecule has 0 aliphatic heterocycles. The summed E-state index contributed by atoms with van der Waals surface area (Å²) in [6, 6.07) is 2.87. The Morgan fingerprint density at radius 3 is 2.19 bits per heavy atom. The van der Waals surface area contributed by atoms with Gasteiger partial charge in [-0.25, -0.2) is 14.0 Å². The number of methoxy groups -OCH3 is 1. The molecule has 0 unspecified atom stereocenters. The van der Waals surface area contributed by atoms with Gasteiger partial charge in [-0.1, -0.05) is 12.1 Å². The second-order valence-corrected chi connectivity index (χ2v) is 6.88. The third-order valence-electron chi connectivity index (χ3n) is 3.31. The normalized spacial score (nSPS) is 13.4. The van der Waals surface area contributed by atoms with Crippen molar-refractivity contribution in [3.63, 3.8) is 0 Å². The van der Waals surface area contributed by atoms with Gasteiger partial charge in [0, 0.05) is 13.5 Å². The molecule has 1 aromatic carbocycles. The molecule has 0 aliphatic rings. The number of halogens is 1. The molecule has 8 nitrogen and oxygen atoms in total. The first kappa shape index (κ1) is 22.4. The van der Waals surface area contributed by atoms with Crippen molar-refractivity contribution in [3.8, 4) is 0 Å². The zero-order chi connectivity index (χ0) is 20.6. The third-order valence-corrected chi connectivity index (χ3v) is 3.31. The predicted octanol–water partition coefficient (Wildman–Crippen LogP) is 1.48. The number of ether oxygens (including phenoxy) is 2. The smallest absolute Gasteiger partial charge is 0.408 e. The fourth-order valence-electron chi connectivity index (χ4n) is 2.13. The van der Waals surface area contributed by atoms with Crippen LogP contribution in [0, 0.1) is 5.82 Å². The Bertz CT molecular complexity index is 657. The Hall–Kier alpha value is -2.68. The highest BCUT2D eigenvalue weighted by Gasteiger charge is 2.28. The fourth-order valence-corrected chi connectivity index (χ4v) is 2.13. The number of aliphatic carboxylic acids is 1. The topological polar surface area (TPSA) is 114 Å². The molecule has 0 fully saturated rings. The summed E-state index contributed by atoms with van der Waals surface area (Å²) in [6.07, 6.45) is -0.877. The highest BCUT2D eigenvalue weighted by atomic mass is 19.1. The third kappa shape index (κ3) is 8.50. The zero-order valence-corrected chi connectivity index (χ0v) is 15.7. The van der Waals surface area contributed by atoms with Gasteiger partial charge in [0.05, 0.1) is 6.61 Å². The first-order valence-electron chi connectivity index (χ1n) is 8.28. The monoisotopic (exact) mass is 384 g/mol. The highest BCUT2D eigenvalue weighted by Crippen LogP contribution is 2.08. The van der Waals surface area contributed by atoms with Crippen LogP contribution >= 0.6 is 0 Å². The van der Waals surface area contributed by atoms with Crippen LogP contribution in [0.5, 0.6) is 0 Å². The molecule has 0 saturated heterocycles. The van der Waals surface area contributed by atoms with E-state index in [0.717, 1.165) is 0 Å². The van der Waals surface area contributed by atoms with Crippen LogP contribution in [0.15, 0.2) is 24.3 Å². The maximum atomic E-state index is 13.0. The maximum Gasteiger partial charge on any atom is 0.408 e. The summed E-state index contributed by atoms with van der Waals surface area (Å²) >= 11 is 0. The quantitative estimate of drug-likeness (QED) is 0.626. The van der Waals surface area contributed by atoms with Crippen LogP contribution in [0.2, 0.25) is 0 Å². The highest BCUT2D eigenvalue weighted by molar-refractivity contribution is 5.89. The molecule has 27 heavy (non-hydrogen) atoms. The molecule has 0 bridgehead atoms. The van der Waals surface area contributed by atoms with Crippen molar-refractivity contribution in [2.75, 3.05) is 13.7 Å². The second kappa shape index (κ2) is 9.86. The molecule has 3 N–H and O–H groups in total. The lowest BCUT2D eigenvalue weighted by Gasteiger charge is -2.24. The Morgan fingerprint density at radius 1 is 1.11 bits per heavy atom. The van der Waals surface area contributed by atoms with E-state index in [9.17, 15) is 23.9 Å². The van der Waals surface area contributed by atoms with Crippen molar-refractivity contribution in [3.05, 3.63) is 35.6 Å². The lowest BCUT2D eigenvalue weighted by molar-refractivity contribution is -0.142. The molecular weight excluding hydrogens is 359 g/mol. The zero-order valence-electron chi connectivity index (χ0n) is 15.7. The molecule has 150 valence electrons. The number of rotatable bonds is 8. The van der Waals surface area contributed by atoms with Crippen molar-refractivity contribution in [1.29, 1.82) is 0 Å². The molecule has 0 aliphatic carbocycles. The number of benzene rings is 1. The molecule has 0 heterocycles. The van der Waals surface area contributed by atoms with E-state index in [1.54, 1.807) is 20.8 Å². The van der Waals surface area contributed by atoms with Crippen molar-refractivity contribution in [1.82, 2.24) is 10.6 Å². The van der Waals surface area contributed by atoms with Gasteiger partial charge < -0.3 is 25.2 Å². The Balaban J connectivity index is 2.78. The van der Waals surface area contributed by atoms with Crippen molar-refractivity contribution >= 4 is 18.0 Å². The van der Waals surface area contributed by atoms with Gasteiger partial charge in [-0.2, -0.15) is 0 Å². The standard InChI is InChI=1S/C18H25FN2O6/c1-18(2,3)27-17(25)21-14(10-26-4)15(22)20-13(16(23)24)9-11-5-7-12(19)8-6-11/h5-8,13-14H,9-10H2,1-4H3,(H,20,22)(H,21,25)(H,23,24)/t13-,14-/m0/s1. The van der Waals surface area contributed by atoms with E-state index in [4.69, 9.17) is 9.47 Å². The van der Waals surface area contributed by atoms with Gasteiger partial charge in [0.25, 0.3) is 0 Å². The summed E-state index contributed by atoms with van der Waals surface area (Å²) in [5, 5.41) is 14.1. The number of hydrogen-bond donors (Lipinski definition) is 3. The van der Waals surface area contributed by atoms with Gasteiger partial charge in [-0.15, -0.1) is 0 Å². The van der Waals surface area contributed by atoms with Crippen LogP contribution in [0.4, 0.5) is 9.18 Å². The molecule has 1 rings (SSSR count). The van der Waals surface area contributed by atoms with Crippen molar-refractivity contribution in [2.24, 2.45) is 0 Å². The van der Waals surface area contributed by atoms with Gasteiger partial charge in [0.15, 0.2) is 0 Å². The molecule has 2 amide bonds. The summed E-state index contributed by atoms with van der Waals surface area (Å²) in [6.45, 7) is 4.83. The molecular formula is C18H25FN2O6. The van der Waals surface area contributed by atoms with Crippen molar-refractivity contribution in [2.45, 2.75) is 44.9 Å². The number of hydrogen-bond acceptors (Lipinski definition) is 5. The van der Waals surface area contributed by atoms with Gasteiger partial charge in [-0.3, -0.25) is 4.79 Å². The minimum Gasteiger partial charge on any atom is -0.480 e. The van der Waals surface area contributed by atoms with E-state index >= 15 is 0 Å². The van der Waals surface area contributed by atoms with Gasteiger partial charge >= 0.3 is 12.1 Å². The first-order chi connectivity index (χ1) is 12.5. The SMILES string of the molecule is COC[C@H](NC(=O)OC(C)(C)C)C(=O)N[C@@H](Cc1ccc(F)cc1)C(=O)O. The van der Waals surface area contributed by atoms with Crippen LogP contribution < -0.4 is 10.6 Å². The summed E-state index contributed by atoms with van der Waals surface area (Å²) in [5.41, 5.74) is -0.225. The molecule has 0 saturated carbocycles. The van der Waals surface area contributed by atoms with E-state index in [2.05, 4.69) is 10.6 Å². The molecule has 0 radical (unpaired) electrons. The van der Waals surface area contributed by atoms with Crippen molar-refractivity contribution < 1.29 is 33.4 Å². The average molecular weight is 384 g/mol. The number of carbonyl (C=O) groups excluding carboxylic acids is 2. The number of carboxylic acids is 1. The van der Waals surface area contributed by atoms with E-state index < -0.39 is 41.5 Å². The molecule has 2 atom stereocenters. The summed E-state index contributed by atoms with van der Waals surface area (Å²) in [7, 11) is 1.34. The number of amides is 2. The lowest BCUT2D eigenvalue weighted by Crippen LogP contribution is -2.54. The number of carboxylic acid groups (broad SMARTS) is 1. The number of nitrogens with one attached hydrogen (secondary N) is 2. The minimum absolute atomic E-state index is 0.0481. The van der Waals surface area contributed by atoms with Gasteiger partial charge in [0.2, 0.25) is 5.91 Å². The Kier molecular flexibility index (Phi) is 8.17. The van der Waals surface area contributed by atoms with Gasteiger partial charge in [0.1, 0.15) is 23.5 Å². The Labute approximate surface area is 157 Å². The number of carbonyl (C=O) groups is 3.